The molecule has 0 amide bonds. The molecule has 4 nitrogen and oxygen atoms in total. The highest BCUT2D eigenvalue weighted by atomic mass is 32.2. The van der Waals surface area contributed by atoms with Crippen LogP contribution in [-0.2, 0) is 20.9 Å². The molecule has 0 aliphatic rings. The molecule has 2 N–H and O–H groups in total. The van der Waals surface area contributed by atoms with Crippen LogP contribution in [0.1, 0.15) is 25.3 Å². The van der Waals surface area contributed by atoms with Crippen LogP contribution in [-0.4, -0.2) is 14.5 Å². The van der Waals surface area contributed by atoms with Gasteiger partial charge in [0, 0.05) is 0 Å². The highest BCUT2D eigenvalue weighted by Gasteiger charge is 2.08. The fourth-order valence-electron chi connectivity index (χ4n) is 1.57. The lowest BCUT2D eigenvalue weighted by atomic mass is 10.1. The number of allylic oxidation sites excluding steroid dienone is 1. The fraction of sp³-hybridized carbons (Fsp3) is 0.385. The summed E-state index contributed by atoms with van der Waals surface area (Å²) in [5.41, 5.74) is 1.29. The van der Waals surface area contributed by atoms with Crippen molar-refractivity contribution >= 4 is 10.3 Å². The van der Waals surface area contributed by atoms with Crippen LogP contribution < -0.4 is 5.14 Å². The Kier molecular flexibility index (Phi) is 6.04. The van der Waals surface area contributed by atoms with Gasteiger partial charge in [-0.2, -0.15) is 8.42 Å². The zero-order valence-electron chi connectivity index (χ0n) is 10.5. The largest absolute Gasteiger partial charge is 0.333 e. The molecule has 0 bridgehead atoms. The minimum atomic E-state index is -3.84. The van der Waals surface area contributed by atoms with Gasteiger partial charge in [-0.15, -0.1) is 0 Å². The van der Waals surface area contributed by atoms with E-state index in [0.717, 1.165) is 12.8 Å². The average molecular weight is 269 g/mol. The van der Waals surface area contributed by atoms with E-state index in [1.54, 1.807) is 6.92 Å². The molecular formula is C13H19NO3S. The maximum Gasteiger partial charge on any atom is 0.333 e. The molecule has 18 heavy (non-hydrogen) atoms. The molecule has 0 saturated carbocycles. The number of hydrogen-bond donors (Lipinski definition) is 1. The molecule has 0 fully saturated rings. The Morgan fingerprint density at radius 2 is 1.94 bits per heavy atom. The van der Waals surface area contributed by atoms with Gasteiger partial charge in [0.1, 0.15) is 0 Å². The maximum absolute atomic E-state index is 10.6. The van der Waals surface area contributed by atoms with Crippen molar-refractivity contribution in [2.24, 2.45) is 5.14 Å². The monoisotopic (exact) mass is 269 g/mol. The molecule has 0 radical (unpaired) electrons. The lowest BCUT2D eigenvalue weighted by Gasteiger charge is -2.07. The minimum Gasteiger partial charge on any atom is -0.255 e. The summed E-state index contributed by atoms with van der Waals surface area (Å²) in [5, 5.41) is 4.77. The van der Waals surface area contributed by atoms with Crippen LogP contribution in [0.4, 0.5) is 0 Å². The molecule has 100 valence electrons. The van der Waals surface area contributed by atoms with E-state index in [-0.39, 0.29) is 0 Å². The molecule has 0 saturated heterocycles. The summed E-state index contributed by atoms with van der Waals surface area (Å²) in [7, 11) is -3.84. The van der Waals surface area contributed by atoms with Crippen molar-refractivity contribution in [1.29, 1.82) is 0 Å². The van der Waals surface area contributed by atoms with Gasteiger partial charge in [-0.05, 0) is 31.7 Å². The van der Waals surface area contributed by atoms with Gasteiger partial charge >= 0.3 is 10.3 Å². The maximum atomic E-state index is 10.6. The second kappa shape index (κ2) is 7.31. The summed E-state index contributed by atoms with van der Waals surface area (Å²) in [4.78, 5) is 0. The van der Waals surface area contributed by atoms with E-state index in [1.807, 2.05) is 30.4 Å². The van der Waals surface area contributed by atoms with Crippen molar-refractivity contribution in [1.82, 2.24) is 0 Å². The SMILES string of the molecule is C[C@H](C/C=C/CCc1ccccc1)OS(N)(=O)=O. The van der Waals surface area contributed by atoms with Gasteiger partial charge in [0.25, 0.3) is 0 Å². The lowest BCUT2D eigenvalue weighted by Crippen LogP contribution is -2.21. The topological polar surface area (TPSA) is 69.4 Å². The van der Waals surface area contributed by atoms with Gasteiger partial charge in [0.15, 0.2) is 0 Å². The van der Waals surface area contributed by atoms with E-state index in [2.05, 4.69) is 16.3 Å². The summed E-state index contributed by atoms with van der Waals surface area (Å²) in [5.74, 6) is 0. The highest BCUT2D eigenvalue weighted by molar-refractivity contribution is 7.84. The normalized spacial score (nSPS) is 13.9. The van der Waals surface area contributed by atoms with Crippen molar-refractivity contribution in [2.45, 2.75) is 32.3 Å². The second-order valence-electron chi connectivity index (χ2n) is 4.13. The summed E-state index contributed by atoms with van der Waals surface area (Å²) in [6.07, 6.45) is 5.95. The summed E-state index contributed by atoms with van der Waals surface area (Å²) in [6.45, 7) is 1.67. The first-order chi connectivity index (χ1) is 8.47. The number of rotatable bonds is 7. The molecule has 5 heteroatoms. The highest BCUT2D eigenvalue weighted by Crippen LogP contribution is 2.05. The molecule has 0 aliphatic heterocycles. The van der Waals surface area contributed by atoms with Crippen LogP contribution in [0.2, 0.25) is 0 Å². The standard InChI is InChI=1S/C13H19NO3S/c1-12(17-18(14,15)16)8-4-2-5-9-13-10-6-3-7-11-13/h2-4,6-7,10-12H,5,8-9H2,1H3,(H2,14,15,16)/b4-2+/t12-/m1/s1. The Balaban J connectivity index is 2.22. The smallest absolute Gasteiger partial charge is 0.255 e. The Morgan fingerprint density at radius 1 is 1.28 bits per heavy atom. The van der Waals surface area contributed by atoms with Gasteiger partial charge in [-0.3, -0.25) is 4.18 Å². The van der Waals surface area contributed by atoms with E-state index in [0.29, 0.717) is 6.42 Å². The quantitative estimate of drug-likeness (QED) is 0.771. The number of nitrogens with two attached hydrogens (primary N) is 1. The van der Waals surface area contributed by atoms with Gasteiger partial charge in [-0.1, -0.05) is 42.5 Å². The van der Waals surface area contributed by atoms with Gasteiger partial charge in [-0.25, -0.2) is 5.14 Å². The Labute approximate surface area is 109 Å². The van der Waals surface area contributed by atoms with E-state index in [4.69, 9.17) is 5.14 Å². The molecule has 0 aromatic heterocycles. The molecule has 1 atom stereocenters. The first-order valence-electron chi connectivity index (χ1n) is 5.87. The van der Waals surface area contributed by atoms with Crippen LogP contribution in [0.5, 0.6) is 0 Å². The van der Waals surface area contributed by atoms with E-state index < -0.39 is 16.4 Å². The third-order valence-electron chi connectivity index (χ3n) is 2.38. The molecule has 1 rings (SSSR count). The summed E-state index contributed by atoms with van der Waals surface area (Å²) < 4.78 is 25.9. The van der Waals surface area contributed by atoms with Gasteiger partial charge < -0.3 is 0 Å². The predicted molar refractivity (Wildman–Crippen MR) is 72.2 cm³/mol. The Hall–Kier alpha value is -1.17. The van der Waals surface area contributed by atoms with Gasteiger partial charge in [0.2, 0.25) is 0 Å². The Bertz CT molecular complexity index is 468. The summed E-state index contributed by atoms with van der Waals surface area (Å²) >= 11 is 0. The zero-order valence-corrected chi connectivity index (χ0v) is 11.3. The minimum absolute atomic E-state index is 0.423. The van der Waals surface area contributed by atoms with E-state index in [1.165, 1.54) is 5.56 Å². The van der Waals surface area contributed by atoms with Crippen LogP contribution >= 0.6 is 0 Å². The average Bonchev–Trinajstić information content (AvgIpc) is 2.27. The predicted octanol–water partition coefficient (Wildman–Crippen LogP) is 2.17. The van der Waals surface area contributed by atoms with Crippen molar-refractivity contribution in [3.8, 4) is 0 Å². The van der Waals surface area contributed by atoms with Crippen LogP contribution in [0.15, 0.2) is 42.5 Å². The molecule has 1 aromatic carbocycles. The molecule has 0 spiro atoms. The summed E-state index contributed by atoms with van der Waals surface area (Å²) in [6, 6.07) is 10.2. The number of aryl methyl sites for hydroxylation is 1. The van der Waals surface area contributed by atoms with Crippen molar-refractivity contribution in [3.05, 3.63) is 48.0 Å². The first kappa shape index (κ1) is 14.9. The molecule has 1 aromatic rings. The molecular weight excluding hydrogens is 250 g/mol. The lowest BCUT2D eigenvalue weighted by molar-refractivity contribution is 0.232. The van der Waals surface area contributed by atoms with E-state index >= 15 is 0 Å². The van der Waals surface area contributed by atoms with Crippen LogP contribution in [0.25, 0.3) is 0 Å². The van der Waals surface area contributed by atoms with Crippen LogP contribution in [0, 0.1) is 0 Å². The van der Waals surface area contributed by atoms with E-state index in [9.17, 15) is 8.42 Å². The second-order valence-corrected chi connectivity index (χ2v) is 5.31. The first-order valence-corrected chi connectivity index (χ1v) is 7.34. The Morgan fingerprint density at radius 3 is 2.56 bits per heavy atom. The fourth-order valence-corrected chi connectivity index (χ4v) is 2.11. The zero-order chi connectivity index (χ0) is 13.4. The van der Waals surface area contributed by atoms with Crippen LogP contribution in [0.3, 0.4) is 0 Å². The number of benzene rings is 1. The van der Waals surface area contributed by atoms with Crippen molar-refractivity contribution in [3.63, 3.8) is 0 Å². The molecule has 0 unspecified atom stereocenters. The third kappa shape index (κ3) is 7.21. The van der Waals surface area contributed by atoms with Crippen molar-refractivity contribution < 1.29 is 12.6 Å². The molecule has 0 aliphatic carbocycles. The third-order valence-corrected chi connectivity index (χ3v) is 2.97. The van der Waals surface area contributed by atoms with Gasteiger partial charge in [0.05, 0.1) is 6.10 Å². The molecule has 0 heterocycles. The van der Waals surface area contributed by atoms with Crippen molar-refractivity contribution in [2.75, 3.05) is 0 Å². The number of hydrogen-bond acceptors (Lipinski definition) is 3.